The lowest BCUT2D eigenvalue weighted by molar-refractivity contribution is -0.132. The summed E-state index contributed by atoms with van der Waals surface area (Å²) in [5.41, 5.74) is 0.932. The van der Waals surface area contributed by atoms with Crippen molar-refractivity contribution in [3.63, 3.8) is 0 Å². The van der Waals surface area contributed by atoms with Gasteiger partial charge in [0, 0.05) is 18.2 Å². The van der Waals surface area contributed by atoms with E-state index in [0.29, 0.717) is 6.42 Å². The van der Waals surface area contributed by atoms with Gasteiger partial charge >= 0.3 is 0 Å². The van der Waals surface area contributed by atoms with E-state index in [-0.39, 0.29) is 16.7 Å². The Morgan fingerprint density at radius 2 is 1.94 bits per heavy atom. The molecule has 86 valence electrons. The van der Waals surface area contributed by atoms with Crippen LogP contribution in [0.2, 0.25) is 0 Å². The number of hydrogen-bond acceptors (Lipinski definition) is 2. The number of amides is 1. The molecule has 2 rings (SSSR count). The highest BCUT2D eigenvalue weighted by atomic mass is 32.1. The predicted molar refractivity (Wildman–Crippen MR) is 68.6 cm³/mol. The van der Waals surface area contributed by atoms with Crippen LogP contribution in [0.1, 0.15) is 25.8 Å². The van der Waals surface area contributed by atoms with Crippen LogP contribution in [0.4, 0.5) is 0 Å². The summed E-state index contributed by atoms with van der Waals surface area (Å²) < 4.78 is 0. The first-order chi connectivity index (χ1) is 7.51. The zero-order valence-electron chi connectivity index (χ0n) is 9.68. The highest BCUT2D eigenvalue weighted by Gasteiger charge is 2.38. The molecule has 0 N–H and O–H groups in total. The van der Waals surface area contributed by atoms with Gasteiger partial charge in [-0.05, 0) is 19.4 Å². The summed E-state index contributed by atoms with van der Waals surface area (Å²) in [6, 6.07) is 10.1. The largest absolute Gasteiger partial charge is 0.332 e. The molecule has 1 aromatic rings. The average molecular weight is 235 g/mol. The van der Waals surface area contributed by atoms with Crippen LogP contribution < -0.4 is 0 Å². The van der Waals surface area contributed by atoms with E-state index >= 15 is 0 Å². The number of benzene rings is 1. The molecule has 1 aliphatic heterocycles. The zero-order chi connectivity index (χ0) is 11.8. The standard InChI is InChI=1S/C13H17NOS/c1-13(2,10-6-4-3-5-7-10)14-9-11(16)8-12(14)15/h3-7,11,16H,8-9H2,1-2H3. The molecule has 0 radical (unpaired) electrons. The molecular weight excluding hydrogens is 218 g/mol. The van der Waals surface area contributed by atoms with Gasteiger partial charge in [-0.2, -0.15) is 12.6 Å². The normalized spacial score (nSPS) is 21.6. The summed E-state index contributed by atoms with van der Waals surface area (Å²) in [6.07, 6.45) is 0.555. The van der Waals surface area contributed by atoms with Gasteiger partial charge in [-0.15, -0.1) is 0 Å². The topological polar surface area (TPSA) is 20.3 Å². The second kappa shape index (κ2) is 4.13. The van der Waals surface area contributed by atoms with Gasteiger partial charge in [0.05, 0.1) is 5.54 Å². The quantitative estimate of drug-likeness (QED) is 0.781. The molecule has 1 amide bonds. The maximum atomic E-state index is 11.9. The van der Waals surface area contributed by atoms with E-state index in [9.17, 15) is 4.79 Å². The third kappa shape index (κ3) is 1.96. The first-order valence-electron chi connectivity index (χ1n) is 5.56. The number of hydrogen-bond donors (Lipinski definition) is 1. The number of rotatable bonds is 2. The maximum absolute atomic E-state index is 11.9. The Morgan fingerprint density at radius 3 is 2.44 bits per heavy atom. The van der Waals surface area contributed by atoms with Gasteiger partial charge in [-0.25, -0.2) is 0 Å². The van der Waals surface area contributed by atoms with Gasteiger partial charge in [0.15, 0.2) is 0 Å². The zero-order valence-corrected chi connectivity index (χ0v) is 10.6. The van der Waals surface area contributed by atoms with Crippen LogP contribution in [0.3, 0.4) is 0 Å². The third-order valence-electron chi connectivity index (χ3n) is 3.26. The molecule has 0 aromatic heterocycles. The van der Waals surface area contributed by atoms with Crippen molar-refractivity contribution in [1.82, 2.24) is 4.90 Å². The first-order valence-corrected chi connectivity index (χ1v) is 6.07. The lowest BCUT2D eigenvalue weighted by Crippen LogP contribution is -2.42. The van der Waals surface area contributed by atoms with Gasteiger partial charge in [0.1, 0.15) is 0 Å². The Kier molecular flexibility index (Phi) is 2.98. The molecule has 0 saturated carbocycles. The molecule has 1 unspecified atom stereocenters. The predicted octanol–water partition coefficient (Wildman–Crippen LogP) is 2.45. The van der Waals surface area contributed by atoms with Crippen LogP contribution in [0.5, 0.6) is 0 Å². The van der Waals surface area contributed by atoms with Crippen molar-refractivity contribution in [1.29, 1.82) is 0 Å². The second-order valence-electron chi connectivity index (χ2n) is 4.79. The van der Waals surface area contributed by atoms with Crippen LogP contribution in [-0.2, 0) is 10.3 Å². The molecule has 0 aliphatic carbocycles. The summed E-state index contributed by atoms with van der Waals surface area (Å²) in [5, 5.41) is 0.176. The fraction of sp³-hybridized carbons (Fsp3) is 0.462. The molecule has 1 heterocycles. The highest BCUT2D eigenvalue weighted by Crippen LogP contribution is 2.32. The fourth-order valence-electron chi connectivity index (χ4n) is 2.23. The molecular formula is C13H17NOS. The summed E-state index contributed by atoms with van der Waals surface area (Å²) in [6.45, 7) is 4.92. The Morgan fingerprint density at radius 1 is 1.31 bits per heavy atom. The molecule has 2 nitrogen and oxygen atoms in total. The smallest absolute Gasteiger partial charge is 0.224 e. The van der Waals surface area contributed by atoms with Gasteiger partial charge in [-0.3, -0.25) is 4.79 Å². The number of nitrogens with zero attached hydrogens (tertiary/aromatic N) is 1. The molecule has 1 atom stereocenters. The van der Waals surface area contributed by atoms with Crippen molar-refractivity contribution in [2.75, 3.05) is 6.54 Å². The average Bonchev–Trinajstić information content (AvgIpc) is 2.60. The Labute approximate surface area is 102 Å². The van der Waals surface area contributed by atoms with Crippen molar-refractivity contribution < 1.29 is 4.79 Å². The monoisotopic (exact) mass is 235 g/mol. The Hall–Kier alpha value is -0.960. The first kappa shape index (κ1) is 11.5. The van der Waals surface area contributed by atoms with Gasteiger partial charge < -0.3 is 4.90 Å². The molecule has 1 saturated heterocycles. The lowest BCUT2D eigenvalue weighted by atomic mass is 9.92. The second-order valence-corrected chi connectivity index (χ2v) is 5.52. The third-order valence-corrected chi connectivity index (χ3v) is 3.61. The molecule has 1 aromatic carbocycles. The van der Waals surface area contributed by atoms with Crippen molar-refractivity contribution in [3.05, 3.63) is 35.9 Å². The van der Waals surface area contributed by atoms with E-state index in [0.717, 1.165) is 6.54 Å². The lowest BCUT2D eigenvalue weighted by Gasteiger charge is -2.36. The number of likely N-dealkylation sites (tertiary alicyclic amines) is 1. The summed E-state index contributed by atoms with van der Waals surface area (Å²) in [5.74, 6) is 0.203. The summed E-state index contributed by atoms with van der Waals surface area (Å²) >= 11 is 4.39. The van der Waals surface area contributed by atoms with E-state index in [1.165, 1.54) is 5.56 Å². The van der Waals surface area contributed by atoms with Gasteiger partial charge in [0.2, 0.25) is 5.91 Å². The van der Waals surface area contributed by atoms with Crippen LogP contribution in [-0.4, -0.2) is 22.6 Å². The van der Waals surface area contributed by atoms with Crippen LogP contribution in [0.25, 0.3) is 0 Å². The van der Waals surface area contributed by atoms with E-state index < -0.39 is 0 Å². The van der Waals surface area contributed by atoms with Crippen molar-refractivity contribution >= 4 is 18.5 Å². The minimum atomic E-state index is -0.240. The Bertz CT molecular complexity index is 388. The highest BCUT2D eigenvalue weighted by molar-refractivity contribution is 7.81. The molecule has 3 heteroatoms. The van der Waals surface area contributed by atoms with E-state index in [2.05, 4.69) is 38.6 Å². The SMILES string of the molecule is CC(C)(c1ccccc1)N1CC(S)CC1=O. The number of carbonyl (C=O) groups is 1. The molecule has 1 fully saturated rings. The van der Waals surface area contributed by atoms with Crippen molar-refractivity contribution in [2.45, 2.75) is 31.1 Å². The fourth-order valence-corrected chi connectivity index (χ4v) is 2.55. The minimum Gasteiger partial charge on any atom is -0.332 e. The van der Waals surface area contributed by atoms with E-state index in [1.54, 1.807) is 0 Å². The number of thiol groups is 1. The summed E-state index contributed by atoms with van der Waals surface area (Å²) in [4.78, 5) is 13.8. The number of carbonyl (C=O) groups excluding carboxylic acids is 1. The minimum absolute atomic E-state index is 0.176. The van der Waals surface area contributed by atoms with E-state index in [4.69, 9.17) is 0 Å². The molecule has 1 aliphatic rings. The Balaban J connectivity index is 2.29. The molecule has 0 spiro atoms. The van der Waals surface area contributed by atoms with Gasteiger partial charge in [0.25, 0.3) is 0 Å². The molecule has 16 heavy (non-hydrogen) atoms. The van der Waals surface area contributed by atoms with Crippen molar-refractivity contribution in [3.8, 4) is 0 Å². The van der Waals surface area contributed by atoms with Crippen molar-refractivity contribution in [2.24, 2.45) is 0 Å². The maximum Gasteiger partial charge on any atom is 0.224 e. The molecule has 0 bridgehead atoms. The van der Waals surface area contributed by atoms with Crippen LogP contribution >= 0.6 is 12.6 Å². The van der Waals surface area contributed by atoms with Crippen LogP contribution in [0, 0.1) is 0 Å². The van der Waals surface area contributed by atoms with Gasteiger partial charge in [-0.1, -0.05) is 30.3 Å². The van der Waals surface area contributed by atoms with Crippen LogP contribution in [0.15, 0.2) is 30.3 Å². The van der Waals surface area contributed by atoms with E-state index in [1.807, 2.05) is 23.1 Å². The summed E-state index contributed by atoms with van der Waals surface area (Å²) in [7, 11) is 0.